The number of carbonyl (C=O) groups is 3. The lowest BCUT2D eigenvalue weighted by Crippen LogP contribution is -2.58. The second-order valence-electron chi connectivity index (χ2n) is 5.85. The van der Waals surface area contributed by atoms with Gasteiger partial charge in [-0.15, -0.1) is 0 Å². The van der Waals surface area contributed by atoms with E-state index in [9.17, 15) is 14.4 Å². The van der Waals surface area contributed by atoms with Crippen LogP contribution in [-0.2, 0) is 14.3 Å². The van der Waals surface area contributed by atoms with Gasteiger partial charge in [0.2, 0.25) is 5.91 Å². The molecule has 0 bridgehead atoms. The van der Waals surface area contributed by atoms with Crippen molar-refractivity contribution in [2.75, 3.05) is 18.4 Å². The maximum Gasteiger partial charge on any atom is 0.322 e. The topological polar surface area (TPSA) is 87.7 Å². The molecule has 136 valence electrons. The highest BCUT2D eigenvalue weighted by atomic mass is 35.5. The van der Waals surface area contributed by atoms with E-state index < -0.39 is 18.0 Å². The molecule has 7 nitrogen and oxygen atoms in total. The standard InChI is InChI=1S/C17H22ClN3O4/c1-3-11(2)25-15(22)10-14-16(23)19-8-9-21(14)17(24)20-13-6-4-12(18)5-7-13/h4-7,11,14H,3,8-10H2,1-2H3,(H,19,23)(H,20,24). The SMILES string of the molecule is CCC(C)OC(=O)CC1C(=O)NCCN1C(=O)Nc1ccc(Cl)cc1. The number of piperazine rings is 1. The quantitative estimate of drug-likeness (QED) is 0.782. The van der Waals surface area contributed by atoms with Crippen molar-refractivity contribution in [3.63, 3.8) is 0 Å². The Balaban J connectivity index is 2.04. The van der Waals surface area contributed by atoms with E-state index in [1.165, 1.54) is 4.90 Å². The van der Waals surface area contributed by atoms with Crippen LogP contribution < -0.4 is 10.6 Å². The smallest absolute Gasteiger partial charge is 0.322 e. The van der Waals surface area contributed by atoms with Crippen LogP contribution in [0.5, 0.6) is 0 Å². The average Bonchev–Trinajstić information content (AvgIpc) is 2.58. The fourth-order valence-corrected chi connectivity index (χ4v) is 2.53. The number of carbonyl (C=O) groups excluding carboxylic acids is 3. The summed E-state index contributed by atoms with van der Waals surface area (Å²) >= 11 is 5.82. The number of esters is 1. The normalized spacial score (nSPS) is 18.3. The monoisotopic (exact) mass is 367 g/mol. The Bertz CT molecular complexity index is 635. The van der Waals surface area contributed by atoms with E-state index in [1.54, 1.807) is 31.2 Å². The molecule has 2 unspecified atom stereocenters. The van der Waals surface area contributed by atoms with Crippen LogP contribution in [0, 0.1) is 0 Å². The summed E-state index contributed by atoms with van der Waals surface area (Å²) in [6, 6.07) is 5.30. The zero-order valence-corrected chi connectivity index (χ0v) is 15.0. The molecule has 1 aliphatic rings. The molecular formula is C17H22ClN3O4. The van der Waals surface area contributed by atoms with Gasteiger partial charge in [-0.25, -0.2) is 4.79 Å². The summed E-state index contributed by atoms with van der Waals surface area (Å²) in [5, 5.41) is 5.94. The van der Waals surface area contributed by atoms with Gasteiger partial charge in [-0.2, -0.15) is 0 Å². The van der Waals surface area contributed by atoms with Gasteiger partial charge in [0.15, 0.2) is 0 Å². The first kappa shape index (κ1) is 19.1. The highest BCUT2D eigenvalue weighted by Crippen LogP contribution is 2.16. The molecule has 0 radical (unpaired) electrons. The van der Waals surface area contributed by atoms with Crippen LogP contribution >= 0.6 is 11.6 Å². The van der Waals surface area contributed by atoms with Crippen molar-refractivity contribution in [1.29, 1.82) is 0 Å². The largest absolute Gasteiger partial charge is 0.463 e. The van der Waals surface area contributed by atoms with Gasteiger partial charge in [0.25, 0.3) is 0 Å². The number of rotatable bonds is 5. The predicted octanol–water partition coefficient (Wildman–Crippen LogP) is 2.40. The minimum atomic E-state index is -0.891. The zero-order chi connectivity index (χ0) is 18.4. The molecule has 0 spiro atoms. The van der Waals surface area contributed by atoms with Crippen LogP contribution in [-0.4, -0.2) is 48.0 Å². The Morgan fingerprint density at radius 1 is 1.40 bits per heavy atom. The molecule has 1 aromatic rings. The Kier molecular flexibility index (Phi) is 6.64. The number of halogens is 1. The molecule has 8 heteroatoms. The fourth-order valence-electron chi connectivity index (χ4n) is 2.40. The van der Waals surface area contributed by atoms with Crippen molar-refractivity contribution in [2.45, 2.75) is 38.8 Å². The highest BCUT2D eigenvalue weighted by molar-refractivity contribution is 6.30. The van der Waals surface area contributed by atoms with Gasteiger partial charge in [-0.1, -0.05) is 18.5 Å². The van der Waals surface area contributed by atoms with Crippen molar-refractivity contribution >= 4 is 35.2 Å². The Morgan fingerprint density at radius 2 is 2.08 bits per heavy atom. The van der Waals surface area contributed by atoms with Crippen LogP contribution in [0.15, 0.2) is 24.3 Å². The number of nitrogens with zero attached hydrogens (tertiary/aromatic N) is 1. The van der Waals surface area contributed by atoms with Crippen molar-refractivity contribution in [1.82, 2.24) is 10.2 Å². The maximum absolute atomic E-state index is 12.5. The summed E-state index contributed by atoms with van der Waals surface area (Å²) in [6.45, 7) is 4.33. The minimum Gasteiger partial charge on any atom is -0.463 e. The van der Waals surface area contributed by atoms with Crippen LogP contribution in [0.4, 0.5) is 10.5 Å². The third-order valence-electron chi connectivity index (χ3n) is 3.95. The van der Waals surface area contributed by atoms with Gasteiger partial charge in [-0.3, -0.25) is 9.59 Å². The highest BCUT2D eigenvalue weighted by Gasteiger charge is 2.35. The summed E-state index contributed by atoms with van der Waals surface area (Å²) in [5.74, 6) is -0.862. The van der Waals surface area contributed by atoms with E-state index in [0.29, 0.717) is 30.2 Å². The Hall–Kier alpha value is -2.28. The lowest BCUT2D eigenvalue weighted by Gasteiger charge is -2.34. The van der Waals surface area contributed by atoms with Crippen molar-refractivity contribution in [3.05, 3.63) is 29.3 Å². The summed E-state index contributed by atoms with van der Waals surface area (Å²) in [4.78, 5) is 38.0. The first-order valence-electron chi connectivity index (χ1n) is 8.21. The summed E-state index contributed by atoms with van der Waals surface area (Å²) in [7, 11) is 0. The first-order valence-corrected chi connectivity index (χ1v) is 8.59. The second kappa shape index (κ2) is 8.71. The maximum atomic E-state index is 12.5. The summed E-state index contributed by atoms with van der Waals surface area (Å²) < 4.78 is 5.22. The molecule has 0 aliphatic carbocycles. The van der Waals surface area contributed by atoms with Crippen LogP contribution in [0.2, 0.25) is 5.02 Å². The second-order valence-corrected chi connectivity index (χ2v) is 6.29. The van der Waals surface area contributed by atoms with E-state index in [2.05, 4.69) is 10.6 Å². The average molecular weight is 368 g/mol. The number of hydrogen-bond donors (Lipinski definition) is 2. The molecule has 1 saturated heterocycles. The van der Waals surface area contributed by atoms with Crippen LogP contribution in [0.3, 0.4) is 0 Å². The molecule has 0 saturated carbocycles. The molecule has 0 aromatic heterocycles. The molecule has 25 heavy (non-hydrogen) atoms. The number of nitrogens with one attached hydrogen (secondary N) is 2. The van der Waals surface area contributed by atoms with Crippen LogP contribution in [0.25, 0.3) is 0 Å². The van der Waals surface area contributed by atoms with E-state index in [4.69, 9.17) is 16.3 Å². The molecule has 1 fully saturated rings. The van der Waals surface area contributed by atoms with Gasteiger partial charge in [0.05, 0.1) is 12.5 Å². The van der Waals surface area contributed by atoms with Crippen molar-refractivity contribution < 1.29 is 19.1 Å². The van der Waals surface area contributed by atoms with Gasteiger partial charge < -0.3 is 20.3 Å². The Morgan fingerprint density at radius 3 is 2.72 bits per heavy atom. The lowest BCUT2D eigenvalue weighted by molar-refractivity contribution is -0.151. The van der Waals surface area contributed by atoms with Gasteiger partial charge in [0, 0.05) is 23.8 Å². The van der Waals surface area contributed by atoms with E-state index in [0.717, 1.165) is 0 Å². The summed E-state index contributed by atoms with van der Waals surface area (Å²) in [5.41, 5.74) is 0.557. The van der Waals surface area contributed by atoms with Gasteiger partial charge in [0.1, 0.15) is 6.04 Å². The molecule has 2 N–H and O–H groups in total. The minimum absolute atomic E-state index is 0.176. The molecule has 1 aliphatic heterocycles. The number of amides is 3. The molecule has 2 rings (SSSR count). The number of ether oxygens (including phenoxy) is 1. The van der Waals surface area contributed by atoms with Crippen LogP contribution in [0.1, 0.15) is 26.7 Å². The summed E-state index contributed by atoms with van der Waals surface area (Å²) in [6.07, 6.45) is 0.281. The molecule has 2 atom stereocenters. The Labute approximate surface area is 151 Å². The molecule has 3 amide bonds. The number of urea groups is 1. The fraction of sp³-hybridized carbons (Fsp3) is 0.471. The van der Waals surface area contributed by atoms with E-state index in [1.807, 2.05) is 6.92 Å². The first-order chi connectivity index (χ1) is 11.9. The van der Waals surface area contributed by atoms with Gasteiger partial charge >= 0.3 is 12.0 Å². The molecular weight excluding hydrogens is 346 g/mol. The molecule has 1 aromatic carbocycles. The zero-order valence-electron chi connectivity index (χ0n) is 14.3. The predicted molar refractivity (Wildman–Crippen MR) is 94.4 cm³/mol. The number of hydrogen-bond acceptors (Lipinski definition) is 4. The third-order valence-corrected chi connectivity index (χ3v) is 4.21. The lowest BCUT2D eigenvalue weighted by atomic mass is 10.1. The third kappa shape index (κ3) is 5.35. The van der Waals surface area contributed by atoms with E-state index >= 15 is 0 Å². The van der Waals surface area contributed by atoms with Crippen molar-refractivity contribution in [2.24, 2.45) is 0 Å². The van der Waals surface area contributed by atoms with Crippen molar-refractivity contribution in [3.8, 4) is 0 Å². The number of benzene rings is 1. The molecule has 1 heterocycles. The van der Waals surface area contributed by atoms with Gasteiger partial charge in [-0.05, 0) is 37.6 Å². The number of anilines is 1. The van der Waals surface area contributed by atoms with E-state index in [-0.39, 0.29) is 18.4 Å².